The number of carbonyl (C=O) groups is 2. The third-order valence-electron chi connectivity index (χ3n) is 5.07. The summed E-state index contributed by atoms with van der Waals surface area (Å²) in [5, 5.41) is 0. The SMILES string of the molecule is Cc1ccc(OC(C)C(=O)N2CCN(Cc3ccc(C(N)=O)cc3)CC2)c(Br)c1. The van der Waals surface area contributed by atoms with E-state index in [1.54, 1.807) is 19.1 Å². The zero-order chi connectivity index (χ0) is 21.0. The molecular weight excluding hydrogens is 434 g/mol. The molecule has 3 rings (SSSR count). The first kappa shape index (κ1) is 21.3. The number of halogens is 1. The van der Waals surface area contributed by atoms with Gasteiger partial charge in [-0.3, -0.25) is 14.5 Å². The molecule has 1 aliphatic heterocycles. The third-order valence-corrected chi connectivity index (χ3v) is 5.69. The van der Waals surface area contributed by atoms with E-state index in [2.05, 4.69) is 20.8 Å². The average Bonchev–Trinajstić information content (AvgIpc) is 2.70. The van der Waals surface area contributed by atoms with Gasteiger partial charge in [-0.15, -0.1) is 0 Å². The van der Waals surface area contributed by atoms with Crippen molar-refractivity contribution in [3.63, 3.8) is 0 Å². The number of piperazine rings is 1. The van der Waals surface area contributed by atoms with Crippen LogP contribution in [0.1, 0.15) is 28.4 Å². The van der Waals surface area contributed by atoms with Crippen molar-refractivity contribution in [2.45, 2.75) is 26.5 Å². The summed E-state index contributed by atoms with van der Waals surface area (Å²) < 4.78 is 6.73. The molecule has 29 heavy (non-hydrogen) atoms. The third kappa shape index (κ3) is 5.58. The van der Waals surface area contributed by atoms with E-state index in [1.165, 1.54) is 0 Å². The van der Waals surface area contributed by atoms with Crippen LogP contribution in [0.5, 0.6) is 5.75 Å². The van der Waals surface area contributed by atoms with Crippen LogP contribution in [0.25, 0.3) is 0 Å². The molecule has 0 aromatic heterocycles. The van der Waals surface area contributed by atoms with Gasteiger partial charge < -0.3 is 15.4 Å². The van der Waals surface area contributed by atoms with Gasteiger partial charge in [0.25, 0.3) is 5.91 Å². The predicted octanol–water partition coefficient (Wildman–Crippen LogP) is 2.97. The van der Waals surface area contributed by atoms with Gasteiger partial charge in [-0.25, -0.2) is 0 Å². The van der Waals surface area contributed by atoms with E-state index in [1.807, 2.05) is 42.2 Å². The summed E-state index contributed by atoms with van der Waals surface area (Å²) in [7, 11) is 0. The normalized spacial score (nSPS) is 15.8. The van der Waals surface area contributed by atoms with Crippen molar-refractivity contribution < 1.29 is 14.3 Å². The smallest absolute Gasteiger partial charge is 0.263 e. The lowest BCUT2D eigenvalue weighted by atomic mass is 10.1. The molecular formula is C22H26BrN3O3. The van der Waals surface area contributed by atoms with Gasteiger partial charge in [-0.1, -0.05) is 18.2 Å². The molecule has 2 aromatic rings. The lowest BCUT2D eigenvalue weighted by Gasteiger charge is -2.36. The van der Waals surface area contributed by atoms with Crippen LogP contribution in [-0.4, -0.2) is 53.9 Å². The second kappa shape index (κ2) is 9.41. The van der Waals surface area contributed by atoms with Crippen molar-refractivity contribution in [3.05, 3.63) is 63.6 Å². The Morgan fingerprint density at radius 2 is 1.76 bits per heavy atom. The number of hydrogen-bond acceptors (Lipinski definition) is 4. The Hall–Kier alpha value is -2.38. The van der Waals surface area contributed by atoms with E-state index >= 15 is 0 Å². The standard InChI is InChI=1S/C22H26BrN3O3/c1-15-3-8-20(19(23)13-15)29-16(2)22(28)26-11-9-25(10-12-26)14-17-4-6-18(7-5-17)21(24)27/h3-8,13,16H,9-12,14H2,1-2H3,(H2,24,27). The number of aryl methyl sites for hydroxylation is 1. The Morgan fingerprint density at radius 3 is 2.34 bits per heavy atom. The molecule has 0 saturated carbocycles. The van der Waals surface area contributed by atoms with E-state index in [9.17, 15) is 9.59 Å². The van der Waals surface area contributed by atoms with E-state index in [-0.39, 0.29) is 5.91 Å². The Bertz CT molecular complexity index is 877. The molecule has 1 unspecified atom stereocenters. The summed E-state index contributed by atoms with van der Waals surface area (Å²) >= 11 is 3.49. The number of nitrogens with two attached hydrogens (primary N) is 1. The van der Waals surface area contributed by atoms with Crippen LogP contribution in [0.15, 0.2) is 46.9 Å². The van der Waals surface area contributed by atoms with Gasteiger partial charge in [0.15, 0.2) is 6.10 Å². The van der Waals surface area contributed by atoms with Crippen LogP contribution in [-0.2, 0) is 11.3 Å². The zero-order valence-electron chi connectivity index (χ0n) is 16.7. The molecule has 154 valence electrons. The number of nitrogens with zero attached hydrogens (tertiary/aromatic N) is 2. The maximum Gasteiger partial charge on any atom is 0.263 e. The Kier molecular flexibility index (Phi) is 6.92. The minimum atomic E-state index is -0.540. The lowest BCUT2D eigenvalue weighted by Crippen LogP contribution is -2.51. The fourth-order valence-corrected chi connectivity index (χ4v) is 3.95. The highest BCUT2D eigenvalue weighted by molar-refractivity contribution is 9.10. The van der Waals surface area contributed by atoms with Gasteiger partial charge >= 0.3 is 0 Å². The molecule has 1 saturated heterocycles. The van der Waals surface area contributed by atoms with Gasteiger partial charge in [0, 0.05) is 38.3 Å². The summed E-state index contributed by atoms with van der Waals surface area (Å²) in [4.78, 5) is 28.1. The number of ether oxygens (including phenoxy) is 1. The van der Waals surface area contributed by atoms with Crippen LogP contribution in [0.4, 0.5) is 0 Å². The number of carbonyl (C=O) groups excluding carboxylic acids is 2. The van der Waals surface area contributed by atoms with E-state index in [4.69, 9.17) is 10.5 Å². The van der Waals surface area contributed by atoms with Gasteiger partial charge in [-0.2, -0.15) is 0 Å². The average molecular weight is 460 g/mol. The van der Waals surface area contributed by atoms with Gasteiger partial charge in [0.1, 0.15) is 5.75 Å². The molecule has 0 aliphatic carbocycles. The molecule has 1 aliphatic rings. The van der Waals surface area contributed by atoms with Crippen LogP contribution >= 0.6 is 15.9 Å². The molecule has 2 aromatic carbocycles. The van der Waals surface area contributed by atoms with Crippen molar-refractivity contribution in [1.29, 1.82) is 0 Å². The molecule has 0 radical (unpaired) electrons. The molecule has 2 amide bonds. The number of amides is 2. The highest BCUT2D eigenvalue weighted by atomic mass is 79.9. The van der Waals surface area contributed by atoms with E-state index in [0.717, 1.165) is 35.2 Å². The van der Waals surface area contributed by atoms with Gasteiger partial charge in [0.05, 0.1) is 4.47 Å². The summed E-state index contributed by atoms with van der Waals surface area (Å²) in [5.74, 6) is 0.259. The molecule has 2 N–H and O–H groups in total. The van der Waals surface area contributed by atoms with Crippen LogP contribution < -0.4 is 10.5 Å². The van der Waals surface area contributed by atoms with Crippen LogP contribution in [0.3, 0.4) is 0 Å². The Morgan fingerprint density at radius 1 is 1.10 bits per heavy atom. The van der Waals surface area contributed by atoms with Crippen LogP contribution in [0, 0.1) is 6.92 Å². The van der Waals surface area contributed by atoms with E-state index in [0.29, 0.717) is 24.4 Å². The molecule has 1 fully saturated rings. The number of hydrogen-bond donors (Lipinski definition) is 1. The topological polar surface area (TPSA) is 75.9 Å². The quantitative estimate of drug-likeness (QED) is 0.720. The maximum atomic E-state index is 12.8. The molecule has 1 heterocycles. The summed E-state index contributed by atoms with van der Waals surface area (Å²) in [6.07, 6.45) is -0.540. The molecule has 1 atom stereocenters. The molecule has 0 spiro atoms. The first-order valence-corrected chi connectivity index (χ1v) is 10.5. The second-order valence-corrected chi connectivity index (χ2v) is 8.21. The summed E-state index contributed by atoms with van der Waals surface area (Å²) in [5.41, 5.74) is 8.04. The Labute approximate surface area is 179 Å². The minimum Gasteiger partial charge on any atom is -0.480 e. The zero-order valence-corrected chi connectivity index (χ0v) is 18.3. The van der Waals surface area contributed by atoms with E-state index < -0.39 is 12.0 Å². The Balaban J connectivity index is 1.50. The highest BCUT2D eigenvalue weighted by Gasteiger charge is 2.26. The predicted molar refractivity (Wildman–Crippen MR) is 116 cm³/mol. The fraction of sp³-hybridized carbons (Fsp3) is 0.364. The first-order chi connectivity index (χ1) is 13.8. The van der Waals surface area contributed by atoms with Crippen molar-refractivity contribution in [1.82, 2.24) is 9.80 Å². The lowest BCUT2D eigenvalue weighted by molar-refractivity contribution is -0.139. The minimum absolute atomic E-state index is 0.00272. The monoisotopic (exact) mass is 459 g/mol. The molecule has 0 bridgehead atoms. The van der Waals surface area contributed by atoms with Crippen molar-refractivity contribution >= 4 is 27.7 Å². The molecule has 7 heteroatoms. The maximum absolute atomic E-state index is 12.8. The molecule has 6 nitrogen and oxygen atoms in total. The van der Waals surface area contributed by atoms with Crippen molar-refractivity contribution in [2.75, 3.05) is 26.2 Å². The number of primary amides is 1. The van der Waals surface area contributed by atoms with Gasteiger partial charge in [-0.05, 0) is 65.2 Å². The van der Waals surface area contributed by atoms with Crippen molar-refractivity contribution in [2.24, 2.45) is 5.73 Å². The van der Waals surface area contributed by atoms with Gasteiger partial charge in [0.2, 0.25) is 5.91 Å². The fourth-order valence-electron chi connectivity index (χ4n) is 3.36. The number of benzene rings is 2. The summed E-state index contributed by atoms with van der Waals surface area (Å²) in [6, 6.07) is 13.2. The van der Waals surface area contributed by atoms with Crippen LogP contribution in [0.2, 0.25) is 0 Å². The number of rotatable bonds is 6. The summed E-state index contributed by atoms with van der Waals surface area (Å²) in [6.45, 7) is 7.51. The highest BCUT2D eigenvalue weighted by Crippen LogP contribution is 2.27. The second-order valence-electron chi connectivity index (χ2n) is 7.36. The largest absolute Gasteiger partial charge is 0.480 e. The van der Waals surface area contributed by atoms with Crippen molar-refractivity contribution in [3.8, 4) is 5.75 Å². The first-order valence-electron chi connectivity index (χ1n) is 9.66.